The molecular formula is C11H12FNO2. The lowest BCUT2D eigenvalue weighted by molar-refractivity contribution is 0.278. The highest BCUT2D eigenvalue weighted by Crippen LogP contribution is 2.27. The van der Waals surface area contributed by atoms with Crippen molar-refractivity contribution in [2.45, 2.75) is 19.4 Å². The average Bonchev–Trinajstić information content (AvgIpc) is 2.51. The van der Waals surface area contributed by atoms with Crippen molar-refractivity contribution < 1.29 is 14.2 Å². The van der Waals surface area contributed by atoms with E-state index in [9.17, 15) is 9.50 Å². The lowest BCUT2D eigenvalue weighted by atomic mass is 10.1. The summed E-state index contributed by atoms with van der Waals surface area (Å²) in [6.07, 6.45) is 0. The van der Waals surface area contributed by atoms with E-state index in [2.05, 4.69) is 4.99 Å². The standard InChI is InChI=1S/C11H12FNO2/c1-11(2)6-15-10(13-11)7-4-3-5-8(12)9(7)14/h3-5,14H,6H2,1-2H3. The maximum Gasteiger partial charge on any atom is 0.220 e. The molecule has 1 aromatic carbocycles. The van der Waals surface area contributed by atoms with Crippen molar-refractivity contribution in [3.63, 3.8) is 0 Å². The Labute approximate surface area is 87.2 Å². The minimum absolute atomic E-state index is 0.303. The molecule has 15 heavy (non-hydrogen) atoms. The van der Waals surface area contributed by atoms with Gasteiger partial charge in [0.25, 0.3) is 0 Å². The fourth-order valence-corrected chi connectivity index (χ4v) is 1.41. The molecule has 0 saturated carbocycles. The zero-order valence-electron chi connectivity index (χ0n) is 8.62. The van der Waals surface area contributed by atoms with Crippen LogP contribution >= 0.6 is 0 Å². The molecule has 0 atom stereocenters. The molecule has 0 unspecified atom stereocenters. The van der Waals surface area contributed by atoms with Crippen LogP contribution in [0.2, 0.25) is 0 Å². The van der Waals surface area contributed by atoms with Gasteiger partial charge in [0.05, 0.1) is 11.1 Å². The minimum atomic E-state index is -0.663. The number of phenolic OH excluding ortho intramolecular Hbond substituents is 1. The van der Waals surface area contributed by atoms with Crippen molar-refractivity contribution in [3.05, 3.63) is 29.6 Å². The number of nitrogens with zero attached hydrogens (tertiary/aromatic N) is 1. The van der Waals surface area contributed by atoms with Gasteiger partial charge in [-0.3, -0.25) is 0 Å². The van der Waals surface area contributed by atoms with Crippen LogP contribution < -0.4 is 0 Å². The third-order valence-corrected chi connectivity index (χ3v) is 2.18. The summed E-state index contributed by atoms with van der Waals surface area (Å²) >= 11 is 0. The second kappa shape index (κ2) is 3.22. The van der Waals surface area contributed by atoms with Gasteiger partial charge in [0, 0.05) is 0 Å². The third-order valence-electron chi connectivity index (χ3n) is 2.18. The van der Waals surface area contributed by atoms with Gasteiger partial charge < -0.3 is 9.84 Å². The quantitative estimate of drug-likeness (QED) is 0.769. The van der Waals surface area contributed by atoms with E-state index in [-0.39, 0.29) is 5.54 Å². The molecule has 2 rings (SSSR count). The molecule has 1 heterocycles. The third kappa shape index (κ3) is 1.79. The first kappa shape index (κ1) is 9.96. The first-order valence-electron chi connectivity index (χ1n) is 4.70. The van der Waals surface area contributed by atoms with Crippen molar-refractivity contribution in [2.75, 3.05) is 6.61 Å². The van der Waals surface area contributed by atoms with Gasteiger partial charge in [-0.2, -0.15) is 0 Å². The molecule has 0 fully saturated rings. The van der Waals surface area contributed by atoms with E-state index in [0.29, 0.717) is 18.1 Å². The van der Waals surface area contributed by atoms with Crippen LogP contribution in [0, 0.1) is 5.82 Å². The van der Waals surface area contributed by atoms with Crippen molar-refractivity contribution >= 4 is 5.90 Å². The Hall–Kier alpha value is -1.58. The molecule has 0 radical (unpaired) electrons. The van der Waals surface area contributed by atoms with Gasteiger partial charge in [-0.05, 0) is 26.0 Å². The maximum absolute atomic E-state index is 13.1. The van der Waals surface area contributed by atoms with Gasteiger partial charge in [0.15, 0.2) is 11.6 Å². The molecule has 0 spiro atoms. The number of aliphatic imine (C=N–C) groups is 1. The summed E-state index contributed by atoms with van der Waals surface area (Å²) in [6, 6.07) is 4.29. The lowest BCUT2D eigenvalue weighted by Crippen LogP contribution is -2.17. The Morgan fingerprint density at radius 3 is 2.80 bits per heavy atom. The summed E-state index contributed by atoms with van der Waals surface area (Å²) in [5.74, 6) is -0.769. The number of aromatic hydroxyl groups is 1. The largest absolute Gasteiger partial charge is 0.504 e. The first-order chi connectivity index (χ1) is 6.99. The number of halogens is 1. The van der Waals surface area contributed by atoms with Crippen molar-refractivity contribution in [3.8, 4) is 5.75 Å². The molecule has 1 aromatic rings. The number of rotatable bonds is 1. The molecular weight excluding hydrogens is 197 g/mol. The normalized spacial score (nSPS) is 18.5. The zero-order chi connectivity index (χ0) is 11.1. The second-order valence-corrected chi connectivity index (χ2v) is 4.15. The SMILES string of the molecule is CC1(C)COC(c2cccc(F)c2O)=N1. The second-order valence-electron chi connectivity index (χ2n) is 4.15. The van der Waals surface area contributed by atoms with Gasteiger partial charge in [-0.1, -0.05) is 6.07 Å². The number of phenols is 1. The molecule has 0 saturated heterocycles. The maximum atomic E-state index is 13.1. The van der Waals surface area contributed by atoms with Crippen LogP contribution in [0.1, 0.15) is 19.4 Å². The van der Waals surface area contributed by atoms with Crippen LogP contribution in [-0.2, 0) is 4.74 Å². The fraction of sp³-hybridized carbons (Fsp3) is 0.364. The first-order valence-corrected chi connectivity index (χ1v) is 4.70. The Bertz CT molecular complexity index is 427. The smallest absolute Gasteiger partial charge is 0.220 e. The number of benzene rings is 1. The number of hydrogen-bond donors (Lipinski definition) is 1. The number of hydrogen-bond acceptors (Lipinski definition) is 3. The molecule has 0 aliphatic carbocycles. The molecule has 4 heteroatoms. The van der Waals surface area contributed by atoms with E-state index in [4.69, 9.17) is 4.74 Å². The van der Waals surface area contributed by atoms with E-state index in [0.717, 1.165) is 0 Å². The number of para-hydroxylation sites is 1. The van der Waals surface area contributed by atoms with Crippen LogP contribution in [0.5, 0.6) is 5.75 Å². The summed E-state index contributed by atoms with van der Waals surface area (Å²) in [4.78, 5) is 4.26. The molecule has 1 aliphatic rings. The highest BCUT2D eigenvalue weighted by molar-refractivity contribution is 5.97. The molecule has 1 aliphatic heterocycles. The Morgan fingerprint density at radius 2 is 2.20 bits per heavy atom. The van der Waals surface area contributed by atoms with E-state index in [1.807, 2.05) is 13.8 Å². The van der Waals surface area contributed by atoms with Crippen LogP contribution in [-0.4, -0.2) is 23.2 Å². The topological polar surface area (TPSA) is 41.8 Å². The van der Waals surface area contributed by atoms with Crippen molar-refractivity contribution in [1.82, 2.24) is 0 Å². The van der Waals surface area contributed by atoms with E-state index < -0.39 is 11.6 Å². The van der Waals surface area contributed by atoms with Crippen molar-refractivity contribution in [1.29, 1.82) is 0 Å². The van der Waals surface area contributed by atoms with Crippen LogP contribution in [0.15, 0.2) is 23.2 Å². The van der Waals surface area contributed by atoms with E-state index >= 15 is 0 Å². The van der Waals surface area contributed by atoms with Gasteiger partial charge in [0.2, 0.25) is 5.90 Å². The highest BCUT2D eigenvalue weighted by atomic mass is 19.1. The lowest BCUT2D eigenvalue weighted by Gasteiger charge is -2.07. The molecule has 1 N–H and O–H groups in total. The van der Waals surface area contributed by atoms with Gasteiger partial charge >= 0.3 is 0 Å². The molecule has 0 aromatic heterocycles. The van der Waals surface area contributed by atoms with Gasteiger partial charge in [-0.15, -0.1) is 0 Å². The summed E-state index contributed by atoms with van der Waals surface area (Å²) < 4.78 is 18.4. The fourth-order valence-electron chi connectivity index (χ4n) is 1.41. The highest BCUT2D eigenvalue weighted by Gasteiger charge is 2.28. The van der Waals surface area contributed by atoms with Crippen LogP contribution in [0.4, 0.5) is 4.39 Å². The Morgan fingerprint density at radius 1 is 1.47 bits per heavy atom. The minimum Gasteiger partial charge on any atom is -0.504 e. The molecule has 0 bridgehead atoms. The Kier molecular flexibility index (Phi) is 2.14. The average molecular weight is 209 g/mol. The van der Waals surface area contributed by atoms with Crippen molar-refractivity contribution in [2.24, 2.45) is 4.99 Å². The molecule has 80 valence electrons. The van der Waals surface area contributed by atoms with Crippen LogP contribution in [0.3, 0.4) is 0 Å². The summed E-state index contributed by atoms with van der Waals surface area (Å²) in [5, 5.41) is 9.49. The van der Waals surface area contributed by atoms with E-state index in [1.165, 1.54) is 12.1 Å². The van der Waals surface area contributed by atoms with Crippen LogP contribution in [0.25, 0.3) is 0 Å². The predicted molar refractivity (Wildman–Crippen MR) is 54.6 cm³/mol. The summed E-state index contributed by atoms with van der Waals surface area (Å²) in [6.45, 7) is 4.27. The number of ether oxygens (including phenoxy) is 1. The van der Waals surface area contributed by atoms with E-state index in [1.54, 1.807) is 6.07 Å². The van der Waals surface area contributed by atoms with Gasteiger partial charge in [-0.25, -0.2) is 9.38 Å². The summed E-state index contributed by atoms with van der Waals surface area (Å²) in [7, 11) is 0. The zero-order valence-corrected chi connectivity index (χ0v) is 8.62. The summed E-state index contributed by atoms with van der Waals surface area (Å²) in [5.41, 5.74) is -0.00533. The predicted octanol–water partition coefficient (Wildman–Crippen LogP) is 2.09. The molecule has 3 nitrogen and oxygen atoms in total. The monoisotopic (exact) mass is 209 g/mol. The Balaban J connectivity index is 2.44. The van der Waals surface area contributed by atoms with Gasteiger partial charge in [0.1, 0.15) is 6.61 Å². The molecule has 0 amide bonds.